The van der Waals surface area contributed by atoms with E-state index in [1.807, 2.05) is 4.57 Å². The number of carbonyl (C=O) groups excluding carboxylic acids is 1. The van der Waals surface area contributed by atoms with Gasteiger partial charge in [0.2, 0.25) is 5.95 Å². The number of unbranched alkanes of at least 4 members (excludes halogenated alkanes) is 18. The Balaban J connectivity index is 1.24. The fourth-order valence-corrected chi connectivity index (χ4v) is 14.6. The molecule has 2 aromatic heterocycles. The number of anilines is 1. The molecule has 9 heteroatoms. The van der Waals surface area contributed by atoms with Gasteiger partial charge in [-0.1, -0.05) is 214 Å². The molecule has 8 nitrogen and oxygen atoms in total. The lowest BCUT2D eigenvalue weighted by atomic mass is 10.0. The highest BCUT2D eigenvalue weighted by atomic mass is 28.3. The van der Waals surface area contributed by atoms with Crippen molar-refractivity contribution >= 4 is 41.5 Å². The van der Waals surface area contributed by atoms with E-state index >= 15 is 0 Å². The lowest BCUT2D eigenvalue weighted by Crippen LogP contribution is -2.64. The second-order valence-electron chi connectivity index (χ2n) is 17.6. The zero-order chi connectivity index (χ0) is 40.8. The third-order valence-corrected chi connectivity index (χ3v) is 18.4. The van der Waals surface area contributed by atoms with Crippen molar-refractivity contribution in [2.24, 2.45) is 5.92 Å². The SMILES string of the molecule is CCCCCCCCCCCCCCCCCCCCCC(=O)OC[C@H](CC[Si](c1ccccc1)(c1ccccc1)C(C)(C)C)Cn1cnc2c(=O)[nH]c(N)nc21. The summed E-state index contributed by atoms with van der Waals surface area (Å²) in [6.07, 6.45) is 28.2. The van der Waals surface area contributed by atoms with Crippen LogP contribution in [0.3, 0.4) is 0 Å². The summed E-state index contributed by atoms with van der Waals surface area (Å²) in [5, 5.41) is 2.81. The summed E-state index contributed by atoms with van der Waals surface area (Å²) in [6.45, 7) is 10.2. The number of nitrogens with two attached hydrogens (primary N) is 1. The first-order chi connectivity index (χ1) is 27.7. The number of aromatic nitrogens is 4. The van der Waals surface area contributed by atoms with E-state index in [0.29, 0.717) is 25.2 Å². The van der Waals surface area contributed by atoms with Crippen molar-refractivity contribution in [1.29, 1.82) is 0 Å². The highest BCUT2D eigenvalue weighted by Crippen LogP contribution is 2.40. The van der Waals surface area contributed by atoms with Crippen LogP contribution in [0.25, 0.3) is 11.2 Å². The van der Waals surface area contributed by atoms with E-state index in [0.717, 1.165) is 25.3 Å². The van der Waals surface area contributed by atoms with Gasteiger partial charge in [-0.05, 0) is 23.9 Å². The van der Waals surface area contributed by atoms with Gasteiger partial charge in [-0.25, -0.2) is 4.98 Å². The molecule has 0 amide bonds. The molecule has 2 heterocycles. The van der Waals surface area contributed by atoms with Crippen molar-refractivity contribution < 1.29 is 9.53 Å². The zero-order valence-corrected chi connectivity index (χ0v) is 37.0. The molecule has 0 bridgehead atoms. The summed E-state index contributed by atoms with van der Waals surface area (Å²) >= 11 is 0. The Kier molecular flexibility index (Phi) is 20.1. The summed E-state index contributed by atoms with van der Waals surface area (Å²) < 4.78 is 7.93. The smallest absolute Gasteiger partial charge is 0.305 e. The van der Waals surface area contributed by atoms with Gasteiger partial charge in [-0.15, -0.1) is 0 Å². The monoisotopic (exact) mass is 798 g/mol. The van der Waals surface area contributed by atoms with Gasteiger partial charge in [0.15, 0.2) is 11.2 Å². The normalized spacial score (nSPS) is 12.6. The van der Waals surface area contributed by atoms with Gasteiger partial charge in [0.25, 0.3) is 5.56 Å². The maximum Gasteiger partial charge on any atom is 0.305 e. The average molecular weight is 798 g/mol. The first-order valence-corrected chi connectivity index (χ1v) is 24.8. The van der Waals surface area contributed by atoms with E-state index in [1.165, 1.54) is 120 Å². The highest BCUT2D eigenvalue weighted by Gasteiger charge is 2.47. The third kappa shape index (κ3) is 14.9. The molecule has 0 fully saturated rings. The summed E-state index contributed by atoms with van der Waals surface area (Å²) in [5.74, 6) is -0.0868. The minimum atomic E-state index is -2.36. The first-order valence-electron chi connectivity index (χ1n) is 22.6. The fraction of sp³-hybridized carbons (Fsp3) is 0.625. The van der Waals surface area contributed by atoms with Gasteiger partial charge in [-0.3, -0.25) is 14.6 Å². The summed E-state index contributed by atoms with van der Waals surface area (Å²) in [7, 11) is -2.36. The number of esters is 1. The lowest BCUT2D eigenvalue weighted by molar-refractivity contribution is -0.145. The van der Waals surface area contributed by atoms with Crippen molar-refractivity contribution in [3.8, 4) is 0 Å². The number of imidazole rings is 1. The van der Waals surface area contributed by atoms with Crippen molar-refractivity contribution in [3.05, 3.63) is 77.3 Å². The second-order valence-corrected chi connectivity index (χ2v) is 22.6. The number of ether oxygens (including phenoxy) is 1. The van der Waals surface area contributed by atoms with Gasteiger partial charge >= 0.3 is 5.97 Å². The molecule has 0 aliphatic heterocycles. The van der Waals surface area contributed by atoms with E-state index in [4.69, 9.17) is 10.5 Å². The molecule has 0 saturated carbocycles. The molecular weight excluding hydrogens is 723 g/mol. The molecule has 314 valence electrons. The van der Waals surface area contributed by atoms with Crippen LogP contribution < -0.4 is 21.7 Å². The Labute approximate surface area is 345 Å². The Morgan fingerprint density at radius 1 is 0.754 bits per heavy atom. The number of hydrogen-bond donors (Lipinski definition) is 2. The number of H-pyrrole nitrogens is 1. The number of benzene rings is 2. The molecule has 0 radical (unpaired) electrons. The second kappa shape index (κ2) is 24.9. The van der Waals surface area contributed by atoms with E-state index in [-0.39, 0.29) is 33.9 Å². The van der Waals surface area contributed by atoms with Crippen LogP contribution in [-0.4, -0.2) is 40.2 Å². The highest BCUT2D eigenvalue weighted by molar-refractivity contribution is 7.04. The van der Waals surface area contributed by atoms with Crippen molar-refractivity contribution in [2.75, 3.05) is 12.3 Å². The van der Waals surface area contributed by atoms with E-state index in [9.17, 15) is 9.59 Å². The molecule has 0 saturated heterocycles. The number of fused-ring (bicyclic) bond motifs is 1. The number of carbonyl (C=O) groups is 1. The fourth-order valence-electron chi connectivity index (χ4n) is 8.80. The van der Waals surface area contributed by atoms with Gasteiger partial charge in [0.05, 0.1) is 12.9 Å². The number of nitrogens with zero attached hydrogens (tertiary/aromatic N) is 3. The molecule has 4 rings (SSSR count). The molecule has 57 heavy (non-hydrogen) atoms. The minimum Gasteiger partial charge on any atom is -0.465 e. The van der Waals surface area contributed by atoms with E-state index < -0.39 is 8.07 Å². The number of rotatable bonds is 29. The topological polar surface area (TPSA) is 116 Å². The first kappa shape index (κ1) is 46.0. The van der Waals surface area contributed by atoms with Crippen LogP contribution >= 0.6 is 0 Å². The van der Waals surface area contributed by atoms with Crippen molar-refractivity contribution in [2.45, 2.75) is 180 Å². The molecule has 0 aliphatic rings. The van der Waals surface area contributed by atoms with Crippen LogP contribution in [0.1, 0.15) is 163 Å². The molecule has 4 aromatic rings. The Bertz CT molecular complexity index is 1710. The maximum atomic E-state index is 13.1. The van der Waals surface area contributed by atoms with Gasteiger partial charge < -0.3 is 15.0 Å². The molecular formula is C48H75N5O3Si. The van der Waals surface area contributed by atoms with Crippen LogP contribution in [0.15, 0.2) is 71.8 Å². The van der Waals surface area contributed by atoms with Gasteiger partial charge in [0.1, 0.15) is 8.07 Å². The molecule has 1 atom stereocenters. The molecule has 0 unspecified atom stereocenters. The molecule has 0 spiro atoms. The predicted octanol–water partition coefficient (Wildman–Crippen LogP) is 11.1. The summed E-state index contributed by atoms with van der Waals surface area (Å²) in [6, 6.07) is 22.9. The standard InChI is InChI=1S/C48H75N5O3Si/c1-5-6-7-8-9-10-11-12-13-14-15-16-17-18-19-20-21-22-29-34-43(54)56-38-40(37-53-39-50-44-45(53)51-47(49)52-46(44)55)35-36-57(48(2,3)4,41-30-25-23-26-31-41)42-32-27-24-28-33-42/h23-28,30-33,39-40H,5-22,29,34-38H2,1-4H3,(H3,49,51,52,55)/t40-/m1/s1. The summed E-state index contributed by atoms with van der Waals surface area (Å²) in [5.41, 5.74) is 6.30. The number of hydrogen-bond acceptors (Lipinski definition) is 6. The lowest BCUT2D eigenvalue weighted by Gasteiger charge is -2.45. The van der Waals surface area contributed by atoms with Crippen molar-refractivity contribution in [1.82, 2.24) is 19.5 Å². The number of nitrogen functional groups attached to an aromatic ring is 1. The molecule has 0 aliphatic carbocycles. The Hall–Kier alpha value is -3.72. The zero-order valence-electron chi connectivity index (χ0n) is 36.0. The predicted molar refractivity (Wildman–Crippen MR) is 242 cm³/mol. The number of aromatic amines is 1. The van der Waals surface area contributed by atoms with E-state index in [2.05, 4.69) is 103 Å². The minimum absolute atomic E-state index is 0.00829. The molecule has 3 N–H and O–H groups in total. The quantitative estimate of drug-likeness (QED) is 0.0321. The van der Waals surface area contributed by atoms with Crippen LogP contribution in [-0.2, 0) is 16.1 Å². The Morgan fingerprint density at radius 3 is 1.70 bits per heavy atom. The van der Waals surface area contributed by atoms with E-state index in [1.54, 1.807) is 6.33 Å². The summed E-state index contributed by atoms with van der Waals surface area (Å²) in [4.78, 5) is 37.1. The van der Waals surface area contributed by atoms with Crippen LogP contribution in [0, 0.1) is 5.92 Å². The van der Waals surface area contributed by atoms with Crippen molar-refractivity contribution in [3.63, 3.8) is 0 Å². The molecule has 2 aromatic carbocycles. The van der Waals surface area contributed by atoms with Crippen LogP contribution in [0.2, 0.25) is 11.1 Å². The van der Waals surface area contributed by atoms with Crippen LogP contribution in [0.5, 0.6) is 0 Å². The van der Waals surface area contributed by atoms with Gasteiger partial charge in [0, 0.05) is 18.9 Å². The number of nitrogens with one attached hydrogen (secondary N) is 1. The average Bonchev–Trinajstić information content (AvgIpc) is 3.60. The third-order valence-electron chi connectivity index (χ3n) is 12.2. The van der Waals surface area contributed by atoms with Crippen LogP contribution in [0.4, 0.5) is 5.95 Å². The maximum absolute atomic E-state index is 13.1. The Morgan fingerprint density at radius 2 is 1.23 bits per heavy atom. The largest absolute Gasteiger partial charge is 0.465 e. The van der Waals surface area contributed by atoms with Gasteiger partial charge in [-0.2, -0.15) is 4.98 Å².